The molecule has 2 unspecified atom stereocenters. The van der Waals surface area contributed by atoms with Gasteiger partial charge < -0.3 is 4.74 Å². The van der Waals surface area contributed by atoms with Gasteiger partial charge in [0.1, 0.15) is 17.0 Å². The number of rotatable bonds is 5. The lowest BCUT2D eigenvalue weighted by molar-refractivity contribution is -0.120. The minimum atomic E-state index is -0.700. The quantitative estimate of drug-likeness (QED) is 0.367. The first-order valence-corrected chi connectivity index (χ1v) is 13.9. The van der Waals surface area contributed by atoms with Gasteiger partial charge in [0.05, 0.1) is 23.1 Å². The predicted molar refractivity (Wildman–Crippen MR) is 152 cm³/mol. The third-order valence-corrected chi connectivity index (χ3v) is 8.79. The molecule has 0 radical (unpaired) electrons. The molecule has 0 bridgehead atoms. The summed E-state index contributed by atoms with van der Waals surface area (Å²) in [6.07, 6.45) is 4.43. The highest BCUT2D eigenvalue weighted by atomic mass is 19.1. The van der Waals surface area contributed by atoms with Crippen molar-refractivity contribution in [2.75, 3.05) is 24.5 Å². The van der Waals surface area contributed by atoms with Crippen molar-refractivity contribution in [3.05, 3.63) is 77.5 Å². The largest absolute Gasteiger partial charge is 0.356 e. The molecule has 5 heterocycles. The molecule has 10 heteroatoms. The Morgan fingerprint density at radius 3 is 2.63 bits per heavy atom. The van der Waals surface area contributed by atoms with E-state index in [1.165, 1.54) is 16.7 Å². The summed E-state index contributed by atoms with van der Waals surface area (Å²) < 4.78 is 24.4. The number of hydrogen-bond donors (Lipinski definition) is 1. The van der Waals surface area contributed by atoms with Crippen LogP contribution in [0.15, 0.2) is 54.9 Å². The van der Waals surface area contributed by atoms with E-state index in [2.05, 4.69) is 51.5 Å². The number of urea groups is 1. The number of likely N-dealkylation sites (tertiary alicyclic amines) is 1. The second-order valence-electron chi connectivity index (χ2n) is 11.6. The first-order valence-electron chi connectivity index (χ1n) is 13.9. The van der Waals surface area contributed by atoms with E-state index in [1.54, 1.807) is 12.1 Å². The van der Waals surface area contributed by atoms with E-state index in [9.17, 15) is 9.59 Å². The van der Waals surface area contributed by atoms with E-state index in [1.807, 2.05) is 30.9 Å². The second-order valence-corrected chi connectivity index (χ2v) is 11.6. The minimum absolute atomic E-state index is 0.187. The molecule has 1 N–H and O–H groups in total. The Labute approximate surface area is 236 Å². The van der Waals surface area contributed by atoms with Gasteiger partial charge in [-0.1, -0.05) is 30.3 Å². The zero-order valence-electron chi connectivity index (χ0n) is 23.3. The molecule has 3 aliphatic rings. The van der Waals surface area contributed by atoms with Crippen LogP contribution >= 0.6 is 0 Å². The number of amides is 3. The van der Waals surface area contributed by atoms with Crippen molar-refractivity contribution in [1.82, 2.24) is 25.0 Å². The average molecular weight is 555 g/mol. The second kappa shape index (κ2) is 9.19. The highest BCUT2D eigenvalue weighted by Gasteiger charge is 2.70. The molecule has 3 saturated heterocycles. The SMILES string of the molecule is Cc1nn(C)cc1-c1ccc(CN2CCC3(c4ccc5ncc(N6CCC(=O)NC6=O)cc5c4F)OC3(C)C2)cc1. The number of benzene rings is 2. The first kappa shape index (κ1) is 25.8. The lowest BCUT2D eigenvalue weighted by atomic mass is 9.80. The first-order chi connectivity index (χ1) is 19.7. The third kappa shape index (κ3) is 4.20. The molecule has 0 spiro atoms. The van der Waals surface area contributed by atoms with Crippen LogP contribution in [-0.2, 0) is 28.7 Å². The Morgan fingerprint density at radius 1 is 1.12 bits per heavy atom. The highest BCUT2D eigenvalue weighted by Crippen LogP contribution is 2.61. The molecule has 2 aromatic heterocycles. The van der Waals surface area contributed by atoms with Crippen molar-refractivity contribution in [2.45, 2.75) is 44.4 Å². The molecule has 210 valence electrons. The summed E-state index contributed by atoms with van der Waals surface area (Å²) in [5.74, 6) is -0.690. The molecule has 7 rings (SSSR count). The smallest absolute Gasteiger partial charge is 0.328 e. The average Bonchev–Trinajstić information content (AvgIpc) is 3.43. The van der Waals surface area contributed by atoms with E-state index in [0.29, 0.717) is 35.1 Å². The molecule has 4 aromatic rings. The van der Waals surface area contributed by atoms with Crippen LogP contribution in [-0.4, -0.2) is 56.8 Å². The third-order valence-electron chi connectivity index (χ3n) is 8.79. The van der Waals surface area contributed by atoms with Crippen LogP contribution in [0.3, 0.4) is 0 Å². The molecule has 41 heavy (non-hydrogen) atoms. The summed E-state index contributed by atoms with van der Waals surface area (Å²) in [7, 11) is 1.93. The van der Waals surface area contributed by atoms with E-state index in [-0.39, 0.29) is 24.7 Å². The van der Waals surface area contributed by atoms with Gasteiger partial charge in [0.15, 0.2) is 0 Å². The predicted octanol–water partition coefficient (Wildman–Crippen LogP) is 4.42. The number of nitrogens with zero attached hydrogens (tertiary/aromatic N) is 5. The molecular formula is C31H31FN6O3. The number of aryl methyl sites for hydroxylation is 2. The molecule has 9 nitrogen and oxygen atoms in total. The fourth-order valence-corrected chi connectivity index (χ4v) is 6.62. The fourth-order valence-electron chi connectivity index (χ4n) is 6.62. The monoisotopic (exact) mass is 554 g/mol. The van der Waals surface area contributed by atoms with Crippen molar-refractivity contribution in [1.29, 1.82) is 0 Å². The zero-order chi connectivity index (χ0) is 28.5. The van der Waals surface area contributed by atoms with E-state index in [0.717, 1.165) is 29.9 Å². The molecule has 3 amide bonds. The lowest BCUT2D eigenvalue weighted by Crippen LogP contribution is -2.49. The van der Waals surface area contributed by atoms with Crippen molar-refractivity contribution >= 4 is 28.5 Å². The number of ether oxygens (including phenoxy) is 1. The Hall–Kier alpha value is -4.15. The summed E-state index contributed by atoms with van der Waals surface area (Å²) in [6.45, 7) is 6.55. The zero-order valence-corrected chi connectivity index (χ0v) is 23.3. The van der Waals surface area contributed by atoms with Gasteiger partial charge in [-0.15, -0.1) is 0 Å². The number of carbonyl (C=O) groups is 2. The summed E-state index contributed by atoms with van der Waals surface area (Å²) in [5, 5.41) is 7.09. The van der Waals surface area contributed by atoms with Crippen LogP contribution in [0.2, 0.25) is 0 Å². The standard InChI is InChI=1S/C31H31FN6O3/c1-19-24(17-36(3)35-19)21-6-4-20(5-7-21)16-37-13-11-31(30(2,18-37)41-31)25-8-9-26-23(28(25)32)14-22(15-33-26)38-12-10-27(39)34-29(38)40/h4-9,14-15,17H,10-13,16,18H2,1-3H3,(H,34,39,40). The number of anilines is 1. The van der Waals surface area contributed by atoms with Gasteiger partial charge in [-0.2, -0.15) is 5.10 Å². The van der Waals surface area contributed by atoms with Crippen LogP contribution in [0.1, 0.15) is 36.6 Å². The number of aromatic nitrogens is 3. The Balaban J connectivity index is 1.09. The van der Waals surface area contributed by atoms with Gasteiger partial charge in [-0.25, -0.2) is 9.18 Å². The topological polar surface area (TPSA) is 95.9 Å². The van der Waals surface area contributed by atoms with Crippen molar-refractivity contribution in [3.8, 4) is 11.1 Å². The van der Waals surface area contributed by atoms with Crippen LogP contribution in [0.5, 0.6) is 0 Å². The number of imide groups is 1. The molecule has 0 aliphatic carbocycles. The molecular weight excluding hydrogens is 523 g/mol. The lowest BCUT2D eigenvalue weighted by Gasteiger charge is -2.33. The summed E-state index contributed by atoms with van der Waals surface area (Å²) in [4.78, 5) is 32.1. The maximum Gasteiger partial charge on any atom is 0.328 e. The van der Waals surface area contributed by atoms with E-state index >= 15 is 4.39 Å². The summed E-state index contributed by atoms with van der Waals surface area (Å²) in [5.41, 5.74) is 4.78. The van der Waals surface area contributed by atoms with Crippen molar-refractivity contribution < 1.29 is 18.7 Å². The number of halogens is 1. The van der Waals surface area contributed by atoms with Gasteiger partial charge in [-0.05, 0) is 43.5 Å². The summed E-state index contributed by atoms with van der Waals surface area (Å²) >= 11 is 0. The van der Waals surface area contributed by atoms with E-state index in [4.69, 9.17) is 4.74 Å². The number of nitrogens with one attached hydrogen (secondary N) is 1. The van der Waals surface area contributed by atoms with Gasteiger partial charge in [0, 0.05) is 62.4 Å². The van der Waals surface area contributed by atoms with Crippen LogP contribution in [0.4, 0.5) is 14.9 Å². The normalized spacial score (nSPS) is 24.4. The van der Waals surface area contributed by atoms with Crippen molar-refractivity contribution in [3.63, 3.8) is 0 Å². The van der Waals surface area contributed by atoms with Gasteiger partial charge in [0.2, 0.25) is 5.91 Å². The number of piperidine rings is 1. The van der Waals surface area contributed by atoms with Gasteiger partial charge in [-0.3, -0.25) is 29.6 Å². The molecule has 0 saturated carbocycles. The van der Waals surface area contributed by atoms with Gasteiger partial charge in [0.25, 0.3) is 0 Å². The van der Waals surface area contributed by atoms with Gasteiger partial charge >= 0.3 is 6.03 Å². The molecule has 2 aromatic carbocycles. The maximum atomic E-state index is 16.1. The number of fused-ring (bicyclic) bond motifs is 2. The number of epoxide rings is 1. The summed E-state index contributed by atoms with van der Waals surface area (Å²) in [6, 6.07) is 13.3. The van der Waals surface area contributed by atoms with Crippen molar-refractivity contribution in [2.24, 2.45) is 7.05 Å². The number of hydrogen-bond acceptors (Lipinski definition) is 6. The highest BCUT2D eigenvalue weighted by molar-refractivity contribution is 6.06. The fraction of sp³-hybridized carbons (Fsp3) is 0.355. The molecule has 3 fully saturated rings. The Bertz CT molecular complexity index is 1720. The number of carbonyl (C=O) groups excluding carboxylic acids is 2. The van der Waals surface area contributed by atoms with Crippen LogP contribution in [0.25, 0.3) is 22.0 Å². The number of pyridine rings is 1. The Morgan fingerprint density at radius 2 is 1.93 bits per heavy atom. The Kier molecular flexibility index (Phi) is 5.78. The van der Waals surface area contributed by atoms with Crippen LogP contribution < -0.4 is 10.2 Å². The minimum Gasteiger partial charge on any atom is -0.356 e. The van der Waals surface area contributed by atoms with Crippen LogP contribution in [0, 0.1) is 12.7 Å². The molecule has 2 atom stereocenters. The van der Waals surface area contributed by atoms with E-state index < -0.39 is 17.2 Å². The maximum absolute atomic E-state index is 16.1. The molecule has 3 aliphatic heterocycles.